The van der Waals surface area contributed by atoms with Crippen LogP contribution in [0.3, 0.4) is 0 Å². The lowest BCUT2D eigenvalue weighted by Gasteiger charge is -2.29. The third-order valence-corrected chi connectivity index (χ3v) is 4.91. The lowest BCUT2D eigenvalue weighted by atomic mass is 9.86. The maximum absolute atomic E-state index is 12.4. The van der Waals surface area contributed by atoms with Gasteiger partial charge in [-0.15, -0.1) is 0 Å². The van der Waals surface area contributed by atoms with Gasteiger partial charge in [0.2, 0.25) is 6.79 Å². The Bertz CT molecular complexity index is 724. The summed E-state index contributed by atoms with van der Waals surface area (Å²) in [6, 6.07) is 5.40. The van der Waals surface area contributed by atoms with Crippen molar-refractivity contribution in [1.82, 2.24) is 5.32 Å². The molecule has 0 unspecified atom stereocenters. The van der Waals surface area contributed by atoms with Crippen molar-refractivity contribution in [2.45, 2.75) is 38.6 Å². The number of fused-ring (bicyclic) bond motifs is 1. The van der Waals surface area contributed by atoms with Gasteiger partial charge in [-0.25, -0.2) is 0 Å². The zero-order chi connectivity index (χ0) is 17.1. The van der Waals surface area contributed by atoms with Crippen LogP contribution in [-0.2, 0) is 4.79 Å². The summed E-state index contributed by atoms with van der Waals surface area (Å²) in [6.07, 6.45) is 5.85. The Labute approximate surface area is 146 Å². The molecule has 24 heavy (non-hydrogen) atoms. The van der Waals surface area contributed by atoms with Crippen LogP contribution in [0.5, 0.6) is 11.5 Å². The fourth-order valence-electron chi connectivity index (χ4n) is 3.12. The molecule has 1 N–H and O–H groups in total. The monoisotopic (exact) mass is 346 g/mol. The minimum Gasteiger partial charge on any atom is -0.454 e. The van der Waals surface area contributed by atoms with Crippen LogP contribution in [0.2, 0.25) is 5.02 Å². The predicted molar refractivity (Wildman–Crippen MR) is 90.7 cm³/mol. The number of amides is 1. The Morgan fingerprint density at radius 2 is 2.04 bits per heavy atom. The summed E-state index contributed by atoms with van der Waals surface area (Å²) >= 11 is 6.21. The number of hydrogen-bond acceptors (Lipinski definition) is 4. The molecule has 1 fully saturated rings. The van der Waals surface area contributed by atoms with Crippen LogP contribution < -0.4 is 14.8 Å². The van der Waals surface area contributed by atoms with Crippen LogP contribution in [0.25, 0.3) is 6.08 Å². The van der Waals surface area contributed by atoms with E-state index in [1.807, 2.05) is 6.07 Å². The first kappa shape index (κ1) is 16.7. The maximum atomic E-state index is 12.4. The summed E-state index contributed by atoms with van der Waals surface area (Å²) < 4.78 is 10.6. The van der Waals surface area contributed by atoms with E-state index in [0.717, 1.165) is 19.3 Å². The first-order valence-electron chi connectivity index (χ1n) is 8.10. The van der Waals surface area contributed by atoms with Crippen LogP contribution >= 0.6 is 11.6 Å². The highest BCUT2D eigenvalue weighted by molar-refractivity contribution is 6.32. The molecule has 126 valence electrons. The van der Waals surface area contributed by atoms with Gasteiger partial charge < -0.3 is 14.8 Å². The van der Waals surface area contributed by atoms with Crippen molar-refractivity contribution in [3.8, 4) is 17.6 Å². The number of nitriles is 1. The number of ether oxygens (including phenoxy) is 2. The number of benzene rings is 1. The third-order valence-electron chi connectivity index (χ3n) is 4.58. The third kappa shape index (κ3) is 3.49. The molecule has 3 rings (SSSR count). The molecule has 1 aliphatic carbocycles. The summed E-state index contributed by atoms with van der Waals surface area (Å²) in [5.74, 6) is 1.20. The van der Waals surface area contributed by atoms with Crippen LogP contribution in [0.1, 0.15) is 38.2 Å². The first-order chi connectivity index (χ1) is 11.6. The minimum atomic E-state index is -0.356. The molecular weight excluding hydrogens is 328 g/mol. The Hall–Kier alpha value is -2.19. The van der Waals surface area contributed by atoms with Gasteiger partial charge in [0.15, 0.2) is 11.5 Å². The van der Waals surface area contributed by atoms with Crippen LogP contribution in [0, 0.1) is 17.2 Å². The number of hydrogen-bond donors (Lipinski definition) is 1. The normalized spacial score (nSPS) is 22.8. The molecule has 1 heterocycles. The van der Waals surface area contributed by atoms with Gasteiger partial charge in [-0.2, -0.15) is 5.26 Å². The van der Waals surface area contributed by atoms with E-state index in [9.17, 15) is 10.1 Å². The molecule has 0 spiro atoms. The lowest BCUT2D eigenvalue weighted by Crippen LogP contribution is -2.41. The maximum Gasteiger partial charge on any atom is 0.262 e. The van der Waals surface area contributed by atoms with Crippen molar-refractivity contribution in [2.75, 3.05) is 6.79 Å². The number of carbonyl (C=O) groups is 1. The molecule has 6 heteroatoms. The highest BCUT2D eigenvalue weighted by Crippen LogP contribution is 2.37. The SMILES string of the molecule is C[C@@H]1CCCC[C@@H]1NC(=O)/C(C#N)=C/c1cc2c(cc1Cl)OCO2. The molecular formula is C18H19ClN2O3. The predicted octanol–water partition coefficient (Wildman–Crippen LogP) is 3.67. The van der Waals surface area contributed by atoms with Gasteiger partial charge >= 0.3 is 0 Å². The molecule has 1 aliphatic heterocycles. The molecule has 1 aromatic rings. The van der Waals surface area contributed by atoms with E-state index in [0.29, 0.717) is 28.0 Å². The molecule has 2 atom stereocenters. The number of nitrogens with zero attached hydrogens (tertiary/aromatic N) is 1. The molecule has 5 nitrogen and oxygen atoms in total. The summed E-state index contributed by atoms with van der Waals surface area (Å²) in [6.45, 7) is 2.28. The van der Waals surface area contributed by atoms with Crippen molar-refractivity contribution < 1.29 is 14.3 Å². The first-order valence-corrected chi connectivity index (χ1v) is 8.48. The van der Waals surface area contributed by atoms with Crippen LogP contribution in [0.4, 0.5) is 0 Å². The number of rotatable bonds is 3. The quantitative estimate of drug-likeness (QED) is 0.669. The van der Waals surface area contributed by atoms with Gasteiger partial charge in [0.05, 0.1) is 5.02 Å². The van der Waals surface area contributed by atoms with Crippen molar-refractivity contribution in [3.63, 3.8) is 0 Å². The Morgan fingerprint density at radius 3 is 2.75 bits per heavy atom. The lowest BCUT2D eigenvalue weighted by molar-refractivity contribution is -0.118. The van der Waals surface area contributed by atoms with E-state index in [1.165, 1.54) is 12.5 Å². The van der Waals surface area contributed by atoms with Crippen molar-refractivity contribution in [2.24, 2.45) is 5.92 Å². The summed E-state index contributed by atoms with van der Waals surface area (Å²) in [5, 5.41) is 12.8. The molecule has 1 aromatic carbocycles. The fraction of sp³-hybridized carbons (Fsp3) is 0.444. The highest BCUT2D eigenvalue weighted by Gasteiger charge is 2.24. The fourth-order valence-corrected chi connectivity index (χ4v) is 3.33. The van der Waals surface area contributed by atoms with Crippen LogP contribution in [0.15, 0.2) is 17.7 Å². The highest BCUT2D eigenvalue weighted by atomic mass is 35.5. The van der Waals surface area contributed by atoms with Gasteiger partial charge in [-0.3, -0.25) is 4.79 Å². The zero-order valence-electron chi connectivity index (χ0n) is 13.5. The van der Waals surface area contributed by atoms with E-state index >= 15 is 0 Å². The average molecular weight is 347 g/mol. The molecule has 0 aromatic heterocycles. The Kier molecular flexibility index (Phi) is 4.96. The second kappa shape index (κ2) is 7.14. The van der Waals surface area contributed by atoms with E-state index in [4.69, 9.17) is 21.1 Å². The molecule has 2 aliphatic rings. The van der Waals surface area contributed by atoms with Crippen LogP contribution in [-0.4, -0.2) is 18.7 Å². The van der Waals surface area contributed by atoms with Crippen molar-refractivity contribution >= 4 is 23.6 Å². The topological polar surface area (TPSA) is 71.4 Å². The zero-order valence-corrected chi connectivity index (χ0v) is 14.2. The van der Waals surface area contributed by atoms with Gasteiger partial charge in [0.25, 0.3) is 5.91 Å². The van der Waals surface area contributed by atoms with E-state index < -0.39 is 0 Å². The summed E-state index contributed by atoms with van der Waals surface area (Å²) in [4.78, 5) is 12.4. The smallest absolute Gasteiger partial charge is 0.262 e. The number of nitrogens with one attached hydrogen (secondary N) is 1. The molecule has 1 amide bonds. The number of halogens is 1. The standard InChI is InChI=1S/C18H19ClN2O3/c1-11-4-2-3-5-15(11)21-18(22)13(9-20)6-12-7-16-17(8-14(12)19)24-10-23-16/h6-8,11,15H,2-5,10H2,1H3,(H,21,22)/b13-6+/t11-,15+/m1/s1. The van der Waals surface area contributed by atoms with Gasteiger partial charge in [-0.1, -0.05) is 31.4 Å². The van der Waals surface area contributed by atoms with Crippen molar-refractivity contribution in [3.05, 3.63) is 28.3 Å². The average Bonchev–Trinajstić information content (AvgIpc) is 3.01. The van der Waals surface area contributed by atoms with E-state index in [2.05, 4.69) is 12.2 Å². The van der Waals surface area contributed by atoms with E-state index in [-0.39, 0.29) is 24.3 Å². The van der Waals surface area contributed by atoms with Gasteiger partial charge in [0.1, 0.15) is 11.6 Å². The van der Waals surface area contributed by atoms with E-state index in [1.54, 1.807) is 12.1 Å². The van der Waals surface area contributed by atoms with Gasteiger partial charge in [0, 0.05) is 12.1 Å². The Morgan fingerprint density at radius 1 is 1.33 bits per heavy atom. The minimum absolute atomic E-state index is 0.0357. The molecule has 1 saturated carbocycles. The Balaban J connectivity index is 1.79. The molecule has 0 bridgehead atoms. The molecule has 0 radical (unpaired) electrons. The summed E-state index contributed by atoms with van der Waals surface area (Å²) in [5.41, 5.74) is 0.595. The second-order valence-electron chi connectivity index (χ2n) is 6.24. The second-order valence-corrected chi connectivity index (χ2v) is 6.65. The van der Waals surface area contributed by atoms with Gasteiger partial charge in [-0.05, 0) is 36.5 Å². The summed E-state index contributed by atoms with van der Waals surface area (Å²) in [7, 11) is 0. The van der Waals surface area contributed by atoms with Crippen molar-refractivity contribution in [1.29, 1.82) is 5.26 Å². The largest absolute Gasteiger partial charge is 0.454 e. The number of carbonyl (C=O) groups excluding carboxylic acids is 1. The molecule has 0 saturated heterocycles.